The van der Waals surface area contributed by atoms with Crippen LogP contribution in [0.25, 0.3) is 0 Å². The number of benzene rings is 2. The predicted octanol–water partition coefficient (Wildman–Crippen LogP) is 4.65. The van der Waals surface area contributed by atoms with E-state index in [-0.39, 0.29) is 11.8 Å². The van der Waals surface area contributed by atoms with Crippen molar-refractivity contribution >= 4 is 34.6 Å². The number of carbonyl (C=O) groups excluding carboxylic acids is 2. The Hall–Kier alpha value is -3.67. The van der Waals surface area contributed by atoms with E-state index in [1.54, 1.807) is 36.5 Å². The summed E-state index contributed by atoms with van der Waals surface area (Å²) < 4.78 is 0. The third-order valence-corrected chi connectivity index (χ3v) is 3.97. The molecule has 0 unspecified atom stereocenters. The molecule has 0 saturated carbocycles. The van der Waals surface area contributed by atoms with Crippen molar-refractivity contribution < 1.29 is 9.59 Å². The van der Waals surface area contributed by atoms with E-state index in [0.29, 0.717) is 16.9 Å². The van der Waals surface area contributed by atoms with Crippen molar-refractivity contribution in [3.8, 4) is 0 Å². The van der Waals surface area contributed by atoms with Crippen molar-refractivity contribution in [2.45, 2.75) is 20.8 Å². The number of nitrogens with zero attached hydrogens (tertiary/aromatic N) is 1. The van der Waals surface area contributed by atoms with Crippen LogP contribution in [0.2, 0.25) is 0 Å². The molecule has 2 aromatic carbocycles. The van der Waals surface area contributed by atoms with Gasteiger partial charge in [-0.2, -0.15) is 0 Å². The molecule has 3 N–H and O–H groups in total. The smallest absolute Gasteiger partial charge is 0.257 e. The van der Waals surface area contributed by atoms with Crippen LogP contribution in [0.5, 0.6) is 0 Å². The van der Waals surface area contributed by atoms with Crippen LogP contribution in [0.1, 0.15) is 28.4 Å². The van der Waals surface area contributed by atoms with E-state index in [1.807, 2.05) is 26.0 Å². The van der Waals surface area contributed by atoms with E-state index in [0.717, 1.165) is 22.5 Å². The number of nitrogens with one attached hydrogen (secondary N) is 3. The highest BCUT2D eigenvalue weighted by molar-refractivity contribution is 6.04. The zero-order valence-corrected chi connectivity index (χ0v) is 16.0. The van der Waals surface area contributed by atoms with Crippen LogP contribution < -0.4 is 16.0 Å². The summed E-state index contributed by atoms with van der Waals surface area (Å²) in [6, 6.07) is 14.9. The zero-order chi connectivity index (χ0) is 20.1. The van der Waals surface area contributed by atoms with Gasteiger partial charge in [-0.05, 0) is 67.4 Å². The fourth-order valence-corrected chi connectivity index (χ4v) is 2.89. The topological polar surface area (TPSA) is 83.1 Å². The van der Waals surface area contributed by atoms with E-state index in [2.05, 4.69) is 27.0 Å². The van der Waals surface area contributed by atoms with Crippen LogP contribution in [0, 0.1) is 13.8 Å². The highest BCUT2D eigenvalue weighted by Crippen LogP contribution is 2.20. The molecule has 0 bridgehead atoms. The average molecular weight is 374 g/mol. The molecule has 1 aromatic heterocycles. The maximum Gasteiger partial charge on any atom is 0.257 e. The minimum absolute atomic E-state index is 0.143. The first-order valence-electron chi connectivity index (χ1n) is 8.88. The molecule has 6 heteroatoms. The second kappa shape index (κ2) is 8.35. The van der Waals surface area contributed by atoms with Crippen molar-refractivity contribution in [3.63, 3.8) is 0 Å². The van der Waals surface area contributed by atoms with Gasteiger partial charge in [0.2, 0.25) is 5.91 Å². The highest BCUT2D eigenvalue weighted by Gasteiger charge is 2.08. The standard InChI is InChI=1S/C22H22N4O2/c1-14-8-15(2)10-20(9-14)25-21-11-17(12-23-13-21)22(28)26-19-6-4-18(5-7-19)24-16(3)27/h4-13,25H,1-3H3,(H,24,27)(H,26,28). The molecule has 0 aliphatic rings. The number of carbonyl (C=O) groups is 2. The van der Waals surface area contributed by atoms with Gasteiger partial charge in [-0.25, -0.2) is 0 Å². The van der Waals surface area contributed by atoms with Crippen molar-refractivity contribution in [2.24, 2.45) is 0 Å². The second-order valence-electron chi connectivity index (χ2n) is 6.68. The normalized spacial score (nSPS) is 10.2. The number of rotatable bonds is 5. The molecular formula is C22H22N4O2. The summed E-state index contributed by atoms with van der Waals surface area (Å²) in [6.07, 6.45) is 3.20. The number of hydrogen-bond donors (Lipinski definition) is 3. The van der Waals surface area contributed by atoms with E-state index < -0.39 is 0 Å². The van der Waals surface area contributed by atoms with Crippen molar-refractivity contribution in [1.29, 1.82) is 0 Å². The number of aryl methyl sites for hydroxylation is 2. The predicted molar refractivity (Wildman–Crippen MR) is 112 cm³/mol. The quantitative estimate of drug-likeness (QED) is 0.607. The third kappa shape index (κ3) is 5.17. The van der Waals surface area contributed by atoms with Gasteiger partial charge < -0.3 is 16.0 Å². The largest absolute Gasteiger partial charge is 0.354 e. The van der Waals surface area contributed by atoms with Gasteiger partial charge in [-0.3, -0.25) is 14.6 Å². The summed E-state index contributed by atoms with van der Waals surface area (Å²) in [5, 5.41) is 8.80. The Bertz CT molecular complexity index is 993. The van der Waals surface area contributed by atoms with Crippen molar-refractivity contribution in [3.05, 3.63) is 77.6 Å². The second-order valence-corrected chi connectivity index (χ2v) is 6.68. The Kier molecular flexibility index (Phi) is 5.69. The Labute approximate surface area is 164 Å². The minimum Gasteiger partial charge on any atom is -0.354 e. The third-order valence-electron chi connectivity index (χ3n) is 3.97. The molecule has 0 radical (unpaired) electrons. The van der Waals surface area contributed by atoms with Crippen LogP contribution >= 0.6 is 0 Å². The molecule has 2 amide bonds. The maximum absolute atomic E-state index is 12.5. The molecule has 28 heavy (non-hydrogen) atoms. The van der Waals surface area contributed by atoms with Crippen LogP contribution in [0.15, 0.2) is 60.9 Å². The molecule has 0 aliphatic carbocycles. The SMILES string of the molecule is CC(=O)Nc1ccc(NC(=O)c2cncc(Nc3cc(C)cc(C)c3)c2)cc1. The first-order valence-corrected chi connectivity index (χ1v) is 8.88. The molecule has 3 rings (SSSR count). The summed E-state index contributed by atoms with van der Waals surface area (Å²) in [5.74, 6) is -0.403. The number of hydrogen-bond acceptors (Lipinski definition) is 4. The van der Waals surface area contributed by atoms with Crippen LogP contribution in [-0.2, 0) is 4.79 Å². The molecule has 0 atom stereocenters. The Morgan fingerprint density at radius 2 is 1.36 bits per heavy atom. The summed E-state index contributed by atoms with van der Waals surface area (Å²) in [6.45, 7) is 5.52. The lowest BCUT2D eigenvalue weighted by Crippen LogP contribution is -2.12. The van der Waals surface area contributed by atoms with Gasteiger partial charge in [0.1, 0.15) is 0 Å². The van der Waals surface area contributed by atoms with Crippen molar-refractivity contribution in [2.75, 3.05) is 16.0 Å². The van der Waals surface area contributed by atoms with Gasteiger partial charge >= 0.3 is 0 Å². The molecule has 0 fully saturated rings. The first-order chi connectivity index (χ1) is 13.4. The van der Waals surface area contributed by atoms with E-state index >= 15 is 0 Å². The monoisotopic (exact) mass is 374 g/mol. The number of pyridine rings is 1. The summed E-state index contributed by atoms with van der Waals surface area (Å²) >= 11 is 0. The molecule has 0 saturated heterocycles. The van der Waals surface area contributed by atoms with E-state index in [4.69, 9.17) is 0 Å². The molecule has 0 aliphatic heterocycles. The molecule has 142 valence electrons. The molecule has 3 aromatic rings. The van der Waals surface area contributed by atoms with Gasteiger partial charge in [-0.15, -0.1) is 0 Å². The number of aromatic nitrogens is 1. The van der Waals surface area contributed by atoms with Gasteiger partial charge in [-0.1, -0.05) is 6.07 Å². The fourth-order valence-electron chi connectivity index (χ4n) is 2.89. The number of anilines is 4. The van der Waals surface area contributed by atoms with E-state index in [9.17, 15) is 9.59 Å². The van der Waals surface area contributed by atoms with Crippen LogP contribution in [0.4, 0.5) is 22.7 Å². The van der Waals surface area contributed by atoms with Gasteiger partial charge in [0, 0.05) is 30.2 Å². The molecule has 1 heterocycles. The molecule has 0 spiro atoms. The lowest BCUT2D eigenvalue weighted by Gasteiger charge is -2.10. The maximum atomic E-state index is 12.5. The Morgan fingerprint density at radius 3 is 1.96 bits per heavy atom. The van der Waals surface area contributed by atoms with Crippen LogP contribution in [0.3, 0.4) is 0 Å². The first kappa shape index (κ1) is 19.1. The lowest BCUT2D eigenvalue weighted by atomic mass is 10.1. The van der Waals surface area contributed by atoms with Gasteiger partial charge in [0.05, 0.1) is 17.4 Å². The Morgan fingerprint density at radius 1 is 0.750 bits per heavy atom. The van der Waals surface area contributed by atoms with Gasteiger partial charge in [0.25, 0.3) is 5.91 Å². The molecular weight excluding hydrogens is 352 g/mol. The lowest BCUT2D eigenvalue weighted by molar-refractivity contribution is -0.114. The van der Waals surface area contributed by atoms with E-state index in [1.165, 1.54) is 13.1 Å². The summed E-state index contributed by atoms with van der Waals surface area (Å²) in [5.41, 5.74) is 5.75. The number of amides is 2. The van der Waals surface area contributed by atoms with Gasteiger partial charge in [0.15, 0.2) is 0 Å². The summed E-state index contributed by atoms with van der Waals surface area (Å²) in [7, 11) is 0. The molecule has 6 nitrogen and oxygen atoms in total. The minimum atomic E-state index is -0.260. The summed E-state index contributed by atoms with van der Waals surface area (Å²) in [4.78, 5) is 27.8. The average Bonchev–Trinajstić information content (AvgIpc) is 2.62. The Balaban J connectivity index is 1.70. The van der Waals surface area contributed by atoms with Crippen molar-refractivity contribution in [1.82, 2.24) is 4.98 Å². The fraction of sp³-hybridized carbons (Fsp3) is 0.136. The highest BCUT2D eigenvalue weighted by atomic mass is 16.2. The zero-order valence-electron chi connectivity index (χ0n) is 16.0. The van der Waals surface area contributed by atoms with Crippen LogP contribution in [-0.4, -0.2) is 16.8 Å².